The molecule has 0 atom stereocenters. The van der Waals surface area contributed by atoms with Crippen LogP contribution in [0.15, 0.2) is 68.1 Å². The van der Waals surface area contributed by atoms with Crippen LogP contribution in [0.2, 0.25) is 0 Å². The van der Waals surface area contributed by atoms with E-state index in [1.54, 1.807) is 47.8 Å². The monoisotopic (exact) mass is 434 g/mol. The molecule has 0 radical (unpaired) electrons. The summed E-state index contributed by atoms with van der Waals surface area (Å²) in [4.78, 5) is 2.73. The van der Waals surface area contributed by atoms with Gasteiger partial charge >= 0.3 is 0 Å². The zero-order chi connectivity index (χ0) is 18.1. The molecule has 2 aromatic rings. The molecule has 0 aromatic heterocycles. The van der Waals surface area contributed by atoms with Crippen molar-refractivity contribution in [1.82, 2.24) is 0 Å². The molecular weight excluding hydrogens is 415 g/mol. The fourth-order valence-corrected chi connectivity index (χ4v) is 5.61. The van der Waals surface area contributed by atoms with E-state index in [4.69, 9.17) is 23.2 Å². The van der Waals surface area contributed by atoms with Crippen LogP contribution in [0, 0.1) is 0 Å². The zero-order valence-electron chi connectivity index (χ0n) is 13.7. The van der Waals surface area contributed by atoms with Gasteiger partial charge in [0, 0.05) is 21.6 Å². The van der Waals surface area contributed by atoms with E-state index in [1.807, 2.05) is 24.3 Å². The van der Waals surface area contributed by atoms with E-state index in [0.29, 0.717) is 21.6 Å². The lowest BCUT2D eigenvalue weighted by atomic mass is 10.4. The maximum absolute atomic E-state index is 12.7. The standard InChI is InChI=1S/C18H20Cl2O2S3/c19-11-1-13-23-15-3-7-17(8-4-15)25(21,22)18-9-5-16(6-10-18)24-14-2-12-20/h3-10H,1-2,11-14H2. The highest BCUT2D eigenvalue weighted by Crippen LogP contribution is 2.27. The summed E-state index contributed by atoms with van der Waals surface area (Å²) >= 11 is 14.7. The Morgan fingerprint density at radius 2 is 1.04 bits per heavy atom. The quantitative estimate of drug-likeness (QED) is 0.262. The molecule has 0 N–H and O–H groups in total. The van der Waals surface area contributed by atoms with Crippen molar-refractivity contribution >= 4 is 56.6 Å². The van der Waals surface area contributed by atoms with E-state index in [9.17, 15) is 8.42 Å². The van der Waals surface area contributed by atoms with Gasteiger partial charge in [-0.05, 0) is 72.9 Å². The third-order valence-corrected chi connectivity index (χ3v) is 7.88. The van der Waals surface area contributed by atoms with E-state index < -0.39 is 9.84 Å². The van der Waals surface area contributed by atoms with Gasteiger partial charge in [-0.25, -0.2) is 8.42 Å². The zero-order valence-corrected chi connectivity index (χ0v) is 17.6. The molecule has 2 nitrogen and oxygen atoms in total. The summed E-state index contributed by atoms with van der Waals surface area (Å²) in [6.45, 7) is 0. The fraction of sp³-hybridized carbons (Fsp3) is 0.333. The molecule has 0 unspecified atom stereocenters. The first kappa shape index (κ1) is 21.0. The van der Waals surface area contributed by atoms with Crippen molar-refractivity contribution in [3.05, 3.63) is 48.5 Å². The Morgan fingerprint density at radius 1 is 0.680 bits per heavy atom. The van der Waals surface area contributed by atoms with Gasteiger partial charge < -0.3 is 0 Å². The maximum atomic E-state index is 12.7. The Kier molecular flexibility index (Phi) is 9.00. The van der Waals surface area contributed by atoms with E-state index in [0.717, 1.165) is 34.1 Å². The van der Waals surface area contributed by atoms with Crippen molar-refractivity contribution in [3.63, 3.8) is 0 Å². The Labute approximate surface area is 168 Å². The molecule has 2 aromatic carbocycles. The summed E-state index contributed by atoms with van der Waals surface area (Å²) in [7, 11) is -3.48. The number of alkyl halides is 2. The second-order valence-electron chi connectivity index (χ2n) is 5.23. The smallest absolute Gasteiger partial charge is 0.206 e. The lowest BCUT2D eigenvalue weighted by molar-refractivity contribution is 0.596. The summed E-state index contributed by atoms with van der Waals surface area (Å²) in [5, 5.41) is 0. The van der Waals surface area contributed by atoms with Crippen molar-refractivity contribution in [2.75, 3.05) is 23.3 Å². The number of benzene rings is 2. The Hall–Kier alpha value is -0.330. The molecule has 0 aliphatic carbocycles. The van der Waals surface area contributed by atoms with Gasteiger partial charge in [-0.2, -0.15) is 0 Å². The first-order chi connectivity index (χ1) is 12.1. The lowest BCUT2D eigenvalue weighted by Crippen LogP contribution is -2.01. The number of thioether (sulfide) groups is 2. The highest BCUT2D eigenvalue weighted by Gasteiger charge is 2.17. The SMILES string of the molecule is O=S(=O)(c1ccc(SCCCCl)cc1)c1ccc(SCCCCl)cc1. The summed E-state index contributed by atoms with van der Waals surface area (Å²) in [5.74, 6) is 3.14. The average Bonchev–Trinajstić information content (AvgIpc) is 2.63. The Balaban J connectivity index is 2.07. The normalized spacial score (nSPS) is 11.6. The second-order valence-corrected chi connectivity index (χ2v) is 10.3. The van der Waals surface area contributed by atoms with Crippen molar-refractivity contribution in [3.8, 4) is 0 Å². The molecule has 0 saturated carbocycles. The molecule has 0 aliphatic rings. The molecule has 0 spiro atoms. The van der Waals surface area contributed by atoms with Gasteiger partial charge in [0.05, 0.1) is 9.79 Å². The highest BCUT2D eigenvalue weighted by atomic mass is 35.5. The largest absolute Gasteiger partial charge is 0.219 e. The number of hydrogen-bond acceptors (Lipinski definition) is 4. The lowest BCUT2D eigenvalue weighted by Gasteiger charge is -2.07. The van der Waals surface area contributed by atoms with Crippen LogP contribution in [0.5, 0.6) is 0 Å². The van der Waals surface area contributed by atoms with Crippen LogP contribution in [0.4, 0.5) is 0 Å². The van der Waals surface area contributed by atoms with Crippen LogP contribution in [-0.2, 0) is 9.84 Å². The average molecular weight is 435 g/mol. The van der Waals surface area contributed by atoms with E-state index in [-0.39, 0.29) is 0 Å². The van der Waals surface area contributed by atoms with E-state index in [2.05, 4.69) is 0 Å². The molecule has 0 bridgehead atoms. The van der Waals surface area contributed by atoms with Gasteiger partial charge in [-0.1, -0.05) is 0 Å². The number of rotatable bonds is 10. The second kappa shape index (κ2) is 10.7. The molecule has 2 rings (SSSR count). The number of halogens is 2. The first-order valence-corrected chi connectivity index (χ1v) is 12.4. The molecule has 0 heterocycles. The molecular formula is C18H20Cl2O2S3. The summed E-state index contributed by atoms with van der Waals surface area (Å²) in [6, 6.07) is 14.1. The van der Waals surface area contributed by atoms with Crippen LogP contribution in [-0.4, -0.2) is 31.7 Å². The summed E-state index contributed by atoms with van der Waals surface area (Å²) in [5.41, 5.74) is 0. The van der Waals surface area contributed by atoms with Gasteiger partial charge in [0.2, 0.25) is 9.84 Å². The summed E-state index contributed by atoms with van der Waals surface area (Å²) < 4.78 is 25.5. The van der Waals surface area contributed by atoms with Crippen LogP contribution in [0.3, 0.4) is 0 Å². The van der Waals surface area contributed by atoms with Gasteiger partial charge in [-0.15, -0.1) is 46.7 Å². The van der Waals surface area contributed by atoms with Crippen LogP contribution in [0.25, 0.3) is 0 Å². The van der Waals surface area contributed by atoms with Crippen LogP contribution in [0.1, 0.15) is 12.8 Å². The maximum Gasteiger partial charge on any atom is 0.206 e. The Morgan fingerprint density at radius 3 is 1.36 bits per heavy atom. The minimum atomic E-state index is -3.48. The molecule has 0 amide bonds. The predicted molar refractivity (Wildman–Crippen MR) is 110 cm³/mol. The topological polar surface area (TPSA) is 34.1 Å². The molecule has 7 heteroatoms. The molecule has 0 fully saturated rings. The van der Waals surface area contributed by atoms with E-state index in [1.165, 1.54) is 0 Å². The highest BCUT2D eigenvalue weighted by molar-refractivity contribution is 7.99. The third-order valence-electron chi connectivity index (χ3n) is 3.36. The first-order valence-electron chi connectivity index (χ1n) is 7.90. The van der Waals surface area contributed by atoms with Crippen molar-refractivity contribution in [1.29, 1.82) is 0 Å². The van der Waals surface area contributed by atoms with Gasteiger partial charge in [0.1, 0.15) is 0 Å². The molecule has 136 valence electrons. The van der Waals surface area contributed by atoms with Gasteiger partial charge in [-0.3, -0.25) is 0 Å². The molecule has 0 saturated heterocycles. The number of hydrogen-bond donors (Lipinski definition) is 0. The predicted octanol–water partition coefficient (Wildman–Crippen LogP) is 5.96. The molecule has 0 aliphatic heterocycles. The fourth-order valence-electron chi connectivity index (χ4n) is 2.06. The van der Waals surface area contributed by atoms with Crippen LogP contribution >= 0.6 is 46.7 Å². The van der Waals surface area contributed by atoms with E-state index >= 15 is 0 Å². The van der Waals surface area contributed by atoms with Gasteiger partial charge in [0.15, 0.2) is 0 Å². The third kappa shape index (κ3) is 6.40. The Bertz CT molecular complexity index is 685. The summed E-state index contributed by atoms with van der Waals surface area (Å²) in [6.07, 6.45) is 1.86. The van der Waals surface area contributed by atoms with Gasteiger partial charge in [0.25, 0.3) is 0 Å². The minimum absolute atomic E-state index is 0.316. The van der Waals surface area contributed by atoms with Crippen molar-refractivity contribution in [2.24, 2.45) is 0 Å². The van der Waals surface area contributed by atoms with Crippen LogP contribution < -0.4 is 0 Å². The van der Waals surface area contributed by atoms with Crippen molar-refractivity contribution in [2.45, 2.75) is 32.4 Å². The van der Waals surface area contributed by atoms with Crippen molar-refractivity contribution < 1.29 is 8.42 Å². The molecule has 25 heavy (non-hydrogen) atoms. The minimum Gasteiger partial charge on any atom is -0.219 e. The number of sulfone groups is 1.